The molecule has 1 aromatic heterocycles. The fourth-order valence-electron chi connectivity index (χ4n) is 1.89. The molecule has 1 heterocycles. The number of aromatic nitrogens is 2. The van der Waals surface area contributed by atoms with Gasteiger partial charge in [0.15, 0.2) is 5.03 Å². The van der Waals surface area contributed by atoms with Gasteiger partial charge in [-0.25, -0.2) is 4.98 Å². The number of nitrogens with one attached hydrogen (secondary N) is 1. The molecule has 0 spiro atoms. The normalized spacial score (nSPS) is 11.5. The van der Waals surface area contributed by atoms with Gasteiger partial charge >= 0.3 is 0 Å². The van der Waals surface area contributed by atoms with E-state index in [2.05, 4.69) is 9.97 Å². The van der Waals surface area contributed by atoms with Crippen LogP contribution in [0.15, 0.2) is 41.8 Å². The fourth-order valence-corrected chi connectivity index (χ4v) is 3.35. The summed E-state index contributed by atoms with van der Waals surface area (Å²) in [6.45, 7) is 2.77. The van der Waals surface area contributed by atoms with Gasteiger partial charge in [-0.05, 0) is 24.1 Å². The van der Waals surface area contributed by atoms with Crippen molar-refractivity contribution in [3.05, 3.63) is 42.4 Å². The number of benzene rings is 1. The third kappa shape index (κ3) is 2.83. The first-order valence-electron chi connectivity index (χ1n) is 6.39. The fraction of sp³-hybridized carbons (Fsp3) is 0.308. The van der Waals surface area contributed by atoms with E-state index in [0.717, 1.165) is 5.56 Å². The first-order chi connectivity index (χ1) is 9.59. The van der Waals surface area contributed by atoms with E-state index in [1.165, 1.54) is 16.8 Å². The SMILES string of the molecule is CCCN(c1ccc(CN)cc1)S(=O)(=O)c1cnc[nH]1. The molecule has 0 saturated carbocycles. The number of imidazole rings is 1. The Labute approximate surface area is 118 Å². The number of hydrogen-bond acceptors (Lipinski definition) is 4. The molecule has 2 rings (SSSR count). The number of rotatable bonds is 6. The van der Waals surface area contributed by atoms with Gasteiger partial charge < -0.3 is 10.7 Å². The summed E-state index contributed by atoms with van der Waals surface area (Å²) in [6.07, 6.45) is 3.38. The number of H-pyrrole nitrogens is 1. The van der Waals surface area contributed by atoms with Gasteiger partial charge in [0.2, 0.25) is 0 Å². The maximum absolute atomic E-state index is 12.6. The number of anilines is 1. The molecule has 108 valence electrons. The minimum Gasteiger partial charge on any atom is -0.334 e. The molecule has 0 radical (unpaired) electrons. The summed E-state index contributed by atoms with van der Waals surface area (Å²) >= 11 is 0. The smallest absolute Gasteiger partial charge is 0.281 e. The highest BCUT2D eigenvalue weighted by Gasteiger charge is 2.25. The molecule has 20 heavy (non-hydrogen) atoms. The number of hydrogen-bond donors (Lipinski definition) is 2. The van der Waals surface area contributed by atoms with E-state index in [1.54, 1.807) is 12.1 Å². The Bertz CT molecular complexity index is 636. The molecule has 0 bridgehead atoms. The van der Waals surface area contributed by atoms with E-state index < -0.39 is 10.0 Å². The lowest BCUT2D eigenvalue weighted by Crippen LogP contribution is -2.32. The lowest BCUT2D eigenvalue weighted by Gasteiger charge is -2.23. The third-order valence-electron chi connectivity index (χ3n) is 2.93. The molecule has 0 aliphatic carbocycles. The quantitative estimate of drug-likeness (QED) is 0.844. The van der Waals surface area contributed by atoms with Crippen molar-refractivity contribution in [2.24, 2.45) is 5.73 Å². The van der Waals surface area contributed by atoms with Crippen LogP contribution >= 0.6 is 0 Å². The van der Waals surface area contributed by atoms with Crippen LogP contribution in [0, 0.1) is 0 Å². The molecule has 0 fully saturated rings. The standard InChI is InChI=1S/C13H18N4O2S/c1-2-7-17(12-5-3-11(8-14)4-6-12)20(18,19)13-9-15-10-16-13/h3-6,9-10H,2,7-8,14H2,1H3,(H,15,16). The lowest BCUT2D eigenvalue weighted by molar-refractivity contribution is 0.587. The molecule has 1 aromatic carbocycles. The van der Waals surface area contributed by atoms with Crippen LogP contribution in [0.5, 0.6) is 0 Å². The second kappa shape index (κ2) is 6.06. The van der Waals surface area contributed by atoms with E-state index in [0.29, 0.717) is 25.2 Å². The van der Waals surface area contributed by atoms with Crippen LogP contribution in [0.1, 0.15) is 18.9 Å². The molecule has 0 atom stereocenters. The molecule has 0 unspecified atom stereocenters. The average Bonchev–Trinajstić information content (AvgIpc) is 3.00. The van der Waals surface area contributed by atoms with Crippen LogP contribution in [0.25, 0.3) is 0 Å². The highest BCUT2D eigenvalue weighted by atomic mass is 32.2. The summed E-state index contributed by atoms with van der Waals surface area (Å²) in [6, 6.07) is 7.21. The first kappa shape index (κ1) is 14.5. The predicted molar refractivity (Wildman–Crippen MR) is 77.7 cm³/mol. The van der Waals surface area contributed by atoms with E-state index in [1.807, 2.05) is 19.1 Å². The number of nitrogens with zero attached hydrogens (tertiary/aromatic N) is 2. The lowest BCUT2D eigenvalue weighted by atomic mass is 10.2. The minimum atomic E-state index is -3.61. The zero-order valence-electron chi connectivity index (χ0n) is 11.3. The average molecular weight is 294 g/mol. The summed E-state index contributed by atoms with van der Waals surface area (Å²) in [5, 5.41) is 0.0915. The topological polar surface area (TPSA) is 92.1 Å². The molecule has 7 heteroatoms. The van der Waals surface area contributed by atoms with Gasteiger partial charge in [0.25, 0.3) is 10.0 Å². The molecule has 0 saturated heterocycles. The Balaban J connectivity index is 2.40. The molecule has 0 aliphatic rings. The molecule has 0 amide bonds. The van der Waals surface area contributed by atoms with Gasteiger partial charge in [-0.1, -0.05) is 19.1 Å². The van der Waals surface area contributed by atoms with Crippen molar-refractivity contribution in [2.45, 2.75) is 24.9 Å². The Morgan fingerprint density at radius 1 is 1.30 bits per heavy atom. The van der Waals surface area contributed by atoms with Crippen LogP contribution in [0.4, 0.5) is 5.69 Å². The van der Waals surface area contributed by atoms with Crippen molar-refractivity contribution in [1.29, 1.82) is 0 Å². The third-order valence-corrected chi connectivity index (χ3v) is 4.68. The number of aromatic amines is 1. The van der Waals surface area contributed by atoms with Crippen LogP contribution in [-0.4, -0.2) is 24.9 Å². The van der Waals surface area contributed by atoms with Gasteiger partial charge in [0.05, 0.1) is 18.2 Å². The second-order valence-corrected chi connectivity index (χ2v) is 6.19. The maximum atomic E-state index is 12.6. The van der Waals surface area contributed by atoms with Crippen molar-refractivity contribution in [1.82, 2.24) is 9.97 Å². The minimum absolute atomic E-state index is 0.0915. The molecular weight excluding hydrogens is 276 g/mol. The van der Waals surface area contributed by atoms with Gasteiger partial charge in [-0.3, -0.25) is 4.31 Å². The van der Waals surface area contributed by atoms with Crippen LogP contribution in [-0.2, 0) is 16.6 Å². The van der Waals surface area contributed by atoms with E-state index in [9.17, 15) is 8.42 Å². The molecular formula is C13H18N4O2S. The Hall–Kier alpha value is -1.86. The largest absolute Gasteiger partial charge is 0.334 e. The van der Waals surface area contributed by atoms with E-state index in [-0.39, 0.29) is 5.03 Å². The van der Waals surface area contributed by atoms with Crippen molar-refractivity contribution >= 4 is 15.7 Å². The Morgan fingerprint density at radius 2 is 2.00 bits per heavy atom. The zero-order chi connectivity index (χ0) is 14.6. The molecule has 6 nitrogen and oxygen atoms in total. The summed E-state index contributed by atoms with van der Waals surface area (Å²) in [4.78, 5) is 6.42. The highest BCUT2D eigenvalue weighted by Crippen LogP contribution is 2.23. The first-order valence-corrected chi connectivity index (χ1v) is 7.83. The van der Waals surface area contributed by atoms with Gasteiger partial charge in [0.1, 0.15) is 0 Å². The van der Waals surface area contributed by atoms with Gasteiger partial charge in [-0.15, -0.1) is 0 Å². The van der Waals surface area contributed by atoms with Crippen LogP contribution < -0.4 is 10.0 Å². The van der Waals surface area contributed by atoms with Crippen molar-refractivity contribution in [3.63, 3.8) is 0 Å². The molecule has 3 N–H and O–H groups in total. The monoisotopic (exact) mass is 294 g/mol. The van der Waals surface area contributed by atoms with Gasteiger partial charge in [-0.2, -0.15) is 8.42 Å². The van der Waals surface area contributed by atoms with Crippen LogP contribution in [0.2, 0.25) is 0 Å². The van der Waals surface area contributed by atoms with Crippen molar-refractivity contribution in [3.8, 4) is 0 Å². The van der Waals surface area contributed by atoms with Crippen molar-refractivity contribution in [2.75, 3.05) is 10.8 Å². The van der Waals surface area contributed by atoms with E-state index >= 15 is 0 Å². The summed E-state index contributed by atoms with van der Waals surface area (Å²) in [7, 11) is -3.61. The van der Waals surface area contributed by atoms with Crippen LogP contribution in [0.3, 0.4) is 0 Å². The van der Waals surface area contributed by atoms with E-state index in [4.69, 9.17) is 5.73 Å². The number of nitrogens with two attached hydrogens (primary N) is 1. The maximum Gasteiger partial charge on any atom is 0.281 e. The molecule has 2 aromatic rings. The summed E-state index contributed by atoms with van der Waals surface area (Å²) in [5.41, 5.74) is 7.14. The molecule has 0 aliphatic heterocycles. The zero-order valence-corrected chi connectivity index (χ0v) is 12.1. The predicted octanol–water partition coefficient (Wildman–Crippen LogP) is 1.47. The highest BCUT2D eigenvalue weighted by molar-refractivity contribution is 7.92. The van der Waals surface area contributed by atoms with Gasteiger partial charge in [0, 0.05) is 13.1 Å². The van der Waals surface area contributed by atoms with Crippen molar-refractivity contribution < 1.29 is 8.42 Å². The summed E-state index contributed by atoms with van der Waals surface area (Å²) < 4.78 is 26.5. The Kier molecular flexibility index (Phi) is 4.41. The number of sulfonamides is 1. The summed E-state index contributed by atoms with van der Waals surface area (Å²) in [5.74, 6) is 0. The Morgan fingerprint density at radius 3 is 2.50 bits per heavy atom. The second-order valence-electron chi connectivity index (χ2n) is 4.36.